The van der Waals surface area contributed by atoms with E-state index in [1.165, 1.54) is 6.08 Å². The summed E-state index contributed by atoms with van der Waals surface area (Å²) in [5.41, 5.74) is 1.18. The fourth-order valence-corrected chi connectivity index (χ4v) is 2.62. The summed E-state index contributed by atoms with van der Waals surface area (Å²) < 4.78 is 21.5. The van der Waals surface area contributed by atoms with E-state index in [-0.39, 0.29) is 24.8 Å². The van der Waals surface area contributed by atoms with Gasteiger partial charge in [0.25, 0.3) is 0 Å². The SMILES string of the molecule is C=CCOC(=O)COc1ccc2c(c1)OC(=Cc1ccccc1OCC)C2=O. The van der Waals surface area contributed by atoms with Gasteiger partial charge in [-0.05, 0) is 31.2 Å². The second-order valence-corrected chi connectivity index (χ2v) is 5.83. The molecule has 0 atom stereocenters. The van der Waals surface area contributed by atoms with E-state index in [0.29, 0.717) is 29.4 Å². The van der Waals surface area contributed by atoms with Crippen LogP contribution in [-0.2, 0) is 9.53 Å². The van der Waals surface area contributed by atoms with Crippen molar-refractivity contribution in [2.45, 2.75) is 6.92 Å². The minimum atomic E-state index is -0.509. The van der Waals surface area contributed by atoms with E-state index in [2.05, 4.69) is 6.58 Å². The number of allylic oxidation sites excluding steroid dienone is 1. The molecule has 0 spiro atoms. The second-order valence-electron chi connectivity index (χ2n) is 5.83. The van der Waals surface area contributed by atoms with Crippen molar-refractivity contribution in [1.29, 1.82) is 0 Å². The number of esters is 1. The van der Waals surface area contributed by atoms with Gasteiger partial charge in [0.1, 0.15) is 23.9 Å². The highest BCUT2D eigenvalue weighted by Crippen LogP contribution is 2.35. The predicted molar refractivity (Wildman–Crippen MR) is 104 cm³/mol. The lowest BCUT2D eigenvalue weighted by Crippen LogP contribution is -2.14. The Morgan fingerprint density at radius 3 is 2.79 bits per heavy atom. The van der Waals surface area contributed by atoms with Gasteiger partial charge in [0.15, 0.2) is 12.4 Å². The van der Waals surface area contributed by atoms with Gasteiger partial charge in [-0.2, -0.15) is 0 Å². The summed E-state index contributed by atoms with van der Waals surface area (Å²) in [7, 11) is 0. The lowest BCUT2D eigenvalue weighted by Gasteiger charge is -2.07. The number of benzene rings is 2. The molecule has 0 radical (unpaired) electrons. The first-order chi connectivity index (χ1) is 13.6. The Bertz CT molecular complexity index is 928. The van der Waals surface area contributed by atoms with Gasteiger partial charge in [0.2, 0.25) is 5.78 Å². The first-order valence-corrected chi connectivity index (χ1v) is 8.81. The molecule has 2 aromatic carbocycles. The number of ether oxygens (including phenoxy) is 4. The molecule has 0 amide bonds. The lowest BCUT2D eigenvalue weighted by atomic mass is 10.1. The van der Waals surface area contributed by atoms with Gasteiger partial charge in [0, 0.05) is 11.6 Å². The topological polar surface area (TPSA) is 71.1 Å². The van der Waals surface area contributed by atoms with E-state index >= 15 is 0 Å². The molecule has 144 valence electrons. The van der Waals surface area contributed by atoms with Crippen molar-refractivity contribution in [2.75, 3.05) is 19.8 Å². The van der Waals surface area contributed by atoms with E-state index in [0.717, 1.165) is 5.56 Å². The van der Waals surface area contributed by atoms with E-state index in [1.807, 2.05) is 31.2 Å². The Labute approximate surface area is 163 Å². The molecule has 0 fully saturated rings. The van der Waals surface area contributed by atoms with Crippen LogP contribution in [-0.4, -0.2) is 31.6 Å². The molecule has 0 N–H and O–H groups in total. The van der Waals surface area contributed by atoms with E-state index in [1.54, 1.807) is 24.3 Å². The van der Waals surface area contributed by atoms with Crippen LogP contribution in [0.2, 0.25) is 0 Å². The lowest BCUT2D eigenvalue weighted by molar-refractivity contribution is -0.144. The summed E-state index contributed by atoms with van der Waals surface area (Å²) in [5.74, 6) is 0.917. The zero-order valence-corrected chi connectivity index (χ0v) is 15.5. The summed E-state index contributed by atoms with van der Waals surface area (Å²) in [4.78, 5) is 24.1. The van der Waals surface area contributed by atoms with E-state index < -0.39 is 5.97 Å². The van der Waals surface area contributed by atoms with Gasteiger partial charge in [0.05, 0.1) is 12.2 Å². The third-order valence-corrected chi connectivity index (χ3v) is 3.87. The largest absolute Gasteiger partial charge is 0.493 e. The Balaban J connectivity index is 1.74. The second kappa shape index (κ2) is 8.90. The van der Waals surface area contributed by atoms with E-state index in [4.69, 9.17) is 18.9 Å². The average Bonchev–Trinajstić information content (AvgIpc) is 3.01. The first-order valence-electron chi connectivity index (χ1n) is 8.81. The molecule has 0 saturated carbocycles. The van der Waals surface area contributed by atoms with Gasteiger partial charge in [-0.3, -0.25) is 4.79 Å². The molecule has 28 heavy (non-hydrogen) atoms. The molecule has 6 nitrogen and oxygen atoms in total. The van der Waals surface area contributed by atoms with Crippen LogP contribution in [0.5, 0.6) is 17.2 Å². The van der Waals surface area contributed by atoms with Crippen molar-refractivity contribution in [1.82, 2.24) is 0 Å². The van der Waals surface area contributed by atoms with Crippen LogP contribution in [0.4, 0.5) is 0 Å². The molecule has 1 aliphatic rings. The van der Waals surface area contributed by atoms with Crippen molar-refractivity contribution < 1.29 is 28.5 Å². The summed E-state index contributed by atoms with van der Waals surface area (Å²) in [6.45, 7) is 5.77. The molecule has 0 bridgehead atoms. The highest BCUT2D eigenvalue weighted by molar-refractivity contribution is 6.14. The summed E-state index contributed by atoms with van der Waals surface area (Å²) in [6, 6.07) is 12.2. The zero-order valence-electron chi connectivity index (χ0n) is 15.5. The minimum absolute atomic E-state index is 0.126. The number of hydrogen-bond donors (Lipinski definition) is 0. The highest BCUT2D eigenvalue weighted by Gasteiger charge is 2.28. The Morgan fingerprint density at radius 2 is 2.00 bits per heavy atom. The number of ketones is 1. The van der Waals surface area contributed by atoms with Crippen molar-refractivity contribution in [3.63, 3.8) is 0 Å². The standard InChI is InChI=1S/C22H20O6/c1-3-11-26-21(23)14-27-16-9-10-17-19(13-16)28-20(22(17)24)12-15-7-5-6-8-18(15)25-4-2/h3,5-10,12-13H,1,4,11,14H2,2H3. The highest BCUT2D eigenvalue weighted by atomic mass is 16.6. The van der Waals surface area contributed by atoms with Gasteiger partial charge in [-0.15, -0.1) is 0 Å². The normalized spacial score (nSPS) is 13.6. The van der Waals surface area contributed by atoms with Crippen molar-refractivity contribution in [3.8, 4) is 17.2 Å². The molecule has 2 aromatic rings. The van der Waals surface area contributed by atoms with Gasteiger partial charge in [-0.1, -0.05) is 30.9 Å². The third-order valence-electron chi connectivity index (χ3n) is 3.87. The first kappa shape index (κ1) is 19.2. The number of para-hydroxylation sites is 1. The van der Waals surface area contributed by atoms with Crippen molar-refractivity contribution >= 4 is 17.8 Å². The van der Waals surface area contributed by atoms with Crippen LogP contribution in [0.3, 0.4) is 0 Å². The Hall–Kier alpha value is -3.54. The molecular formula is C22H20O6. The number of carbonyl (C=O) groups excluding carboxylic acids is 2. The summed E-state index contributed by atoms with van der Waals surface area (Å²) >= 11 is 0. The van der Waals surface area contributed by atoms with Crippen LogP contribution >= 0.6 is 0 Å². The smallest absolute Gasteiger partial charge is 0.344 e. The molecule has 0 saturated heterocycles. The van der Waals surface area contributed by atoms with Crippen molar-refractivity contribution in [2.24, 2.45) is 0 Å². The quantitative estimate of drug-likeness (QED) is 0.394. The number of rotatable bonds is 8. The number of hydrogen-bond acceptors (Lipinski definition) is 6. The number of Topliss-reactive ketones (excluding diaryl/α,β-unsaturated/α-hetero) is 1. The predicted octanol–water partition coefficient (Wildman–Crippen LogP) is 3.81. The van der Waals surface area contributed by atoms with Crippen LogP contribution in [0.1, 0.15) is 22.8 Å². The Kier molecular flexibility index (Phi) is 6.11. The fraction of sp³-hybridized carbons (Fsp3) is 0.182. The molecular weight excluding hydrogens is 360 g/mol. The van der Waals surface area contributed by atoms with Crippen molar-refractivity contribution in [3.05, 3.63) is 72.0 Å². The summed E-state index contributed by atoms with van der Waals surface area (Å²) in [5, 5.41) is 0. The molecule has 0 aliphatic carbocycles. The van der Waals surface area contributed by atoms with Gasteiger partial charge < -0.3 is 18.9 Å². The number of carbonyl (C=O) groups is 2. The molecule has 0 unspecified atom stereocenters. The molecule has 1 aliphatic heterocycles. The van der Waals surface area contributed by atoms with Gasteiger partial charge >= 0.3 is 5.97 Å². The zero-order chi connectivity index (χ0) is 19.9. The molecule has 0 aromatic heterocycles. The monoisotopic (exact) mass is 380 g/mol. The van der Waals surface area contributed by atoms with Crippen LogP contribution in [0.25, 0.3) is 6.08 Å². The Morgan fingerprint density at radius 1 is 1.18 bits per heavy atom. The molecule has 6 heteroatoms. The fourth-order valence-electron chi connectivity index (χ4n) is 2.62. The molecule has 3 rings (SSSR count). The van der Waals surface area contributed by atoms with E-state index in [9.17, 15) is 9.59 Å². The number of fused-ring (bicyclic) bond motifs is 1. The molecule has 1 heterocycles. The summed E-state index contributed by atoms with van der Waals surface area (Å²) in [6.07, 6.45) is 3.13. The maximum absolute atomic E-state index is 12.6. The van der Waals surface area contributed by atoms with Gasteiger partial charge in [-0.25, -0.2) is 4.79 Å². The van der Waals surface area contributed by atoms with Crippen LogP contribution < -0.4 is 14.2 Å². The van der Waals surface area contributed by atoms with Crippen LogP contribution in [0, 0.1) is 0 Å². The minimum Gasteiger partial charge on any atom is -0.493 e. The average molecular weight is 380 g/mol. The third kappa shape index (κ3) is 4.40. The maximum Gasteiger partial charge on any atom is 0.344 e. The maximum atomic E-state index is 12.6. The van der Waals surface area contributed by atoms with Crippen LogP contribution in [0.15, 0.2) is 60.9 Å².